The van der Waals surface area contributed by atoms with Gasteiger partial charge in [-0.1, -0.05) is 0 Å². The highest BCUT2D eigenvalue weighted by Gasteiger charge is 2.21. The molecule has 0 radical (unpaired) electrons. The Balaban J connectivity index is 0.000000557. The third-order valence-corrected chi connectivity index (χ3v) is 1.78. The van der Waals surface area contributed by atoms with Crippen LogP contribution in [0.15, 0.2) is 0 Å². The van der Waals surface area contributed by atoms with Gasteiger partial charge in [0.05, 0.1) is 0 Å². The molecule has 0 aromatic rings. The third-order valence-electron chi connectivity index (χ3n) is 1.78. The van der Waals surface area contributed by atoms with Crippen molar-refractivity contribution < 1.29 is 24.5 Å². The molecule has 1 unspecified atom stereocenters. The Hall–Kier alpha value is -1.50. The number of hydrogen-bond donors (Lipinski definition) is 4. The van der Waals surface area contributed by atoms with Gasteiger partial charge >= 0.3 is 12.2 Å². The van der Waals surface area contributed by atoms with Crippen LogP contribution in [-0.2, 0) is 4.74 Å². The molecule has 100 valence electrons. The highest BCUT2D eigenvalue weighted by atomic mass is 16.6. The lowest BCUT2D eigenvalue weighted by atomic mass is 10.2. The van der Waals surface area contributed by atoms with Gasteiger partial charge in [-0.25, -0.2) is 9.59 Å². The molecule has 0 aromatic heterocycles. The minimum absolute atomic E-state index is 0.231. The van der Waals surface area contributed by atoms with Gasteiger partial charge in [0.15, 0.2) is 0 Å². The van der Waals surface area contributed by atoms with Gasteiger partial charge in [-0.15, -0.1) is 0 Å². The zero-order valence-corrected chi connectivity index (χ0v) is 10.3. The monoisotopic (exact) mass is 248 g/mol. The number of carboxylic acid groups (broad SMARTS) is 2. The molecule has 1 aliphatic rings. The van der Waals surface area contributed by atoms with Crippen LogP contribution in [0.4, 0.5) is 9.59 Å². The maximum absolute atomic E-state index is 11.3. The summed E-state index contributed by atoms with van der Waals surface area (Å²) in [6, 6.07) is 0.231. The summed E-state index contributed by atoms with van der Waals surface area (Å²) in [6.45, 7) is 7.40. The summed E-state index contributed by atoms with van der Waals surface area (Å²) < 4.78 is 5.12. The molecule has 0 bridgehead atoms. The lowest BCUT2D eigenvalue weighted by Crippen LogP contribution is -2.40. The molecular formula is C10H20N2O5. The first-order chi connectivity index (χ1) is 7.70. The fourth-order valence-electron chi connectivity index (χ4n) is 1.25. The van der Waals surface area contributed by atoms with Crippen LogP contribution in [0.3, 0.4) is 0 Å². The summed E-state index contributed by atoms with van der Waals surface area (Å²) in [5, 5.41) is 19.9. The van der Waals surface area contributed by atoms with Crippen molar-refractivity contribution in [2.75, 3.05) is 13.1 Å². The average molecular weight is 248 g/mol. The van der Waals surface area contributed by atoms with Crippen molar-refractivity contribution in [1.82, 2.24) is 10.6 Å². The molecule has 4 N–H and O–H groups in total. The molecule has 17 heavy (non-hydrogen) atoms. The Labute approximate surface area is 100 Å². The molecule has 7 nitrogen and oxygen atoms in total. The first-order valence-corrected chi connectivity index (χ1v) is 5.33. The van der Waals surface area contributed by atoms with Gasteiger partial charge in [-0.3, -0.25) is 0 Å². The Kier molecular flexibility index (Phi) is 6.34. The van der Waals surface area contributed by atoms with E-state index in [0.717, 1.165) is 19.5 Å². The van der Waals surface area contributed by atoms with Crippen molar-refractivity contribution in [3.63, 3.8) is 0 Å². The van der Waals surface area contributed by atoms with E-state index < -0.39 is 11.8 Å². The first kappa shape index (κ1) is 15.5. The van der Waals surface area contributed by atoms with Gasteiger partial charge in [0.25, 0.3) is 0 Å². The van der Waals surface area contributed by atoms with Gasteiger partial charge in [0, 0.05) is 12.6 Å². The molecule has 7 heteroatoms. The van der Waals surface area contributed by atoms with Crippen LogP contribution in [0.1, 0.15) is 27.2 Å². The lowest BCUT2D eigenvalue weighted by Gasteiger charge is -2.21. The van der Waals surface area contributed by atoms with Crippen molar-refractivity contribution in [1.29, 1.82) is 0 Å². The van der Waals surface area contributed by atoms with Crippen LogP contribution >= 0.6 is 0 Å². The SMILES string of the molecule is CC(C)(C)OC(=O)NC1CCNC1.O=C(O)O. The third kappa shape index (κ3) is 10.8. The molecule has 1 fully saturated rings. The second kappa shape index (κ2) is 6.95. The molecular weight excluding hydrogens is 228 g/mol. The van der Waals surface area contributed by atoms with Crippen LogP contribution in [0.2, 0.25) is 0 Å². The smallest absolute Gasteiger partial charge is 0.450 e. The van der Waals surface area contributed by atoms with Gasteiger partial charge in [0.1, 0.15) is 5.60 Å². The van der Waals surface area contributed by atoms with E-state index in [1.54, 1.807) is 0 Å². The van der Waals surface area contributed by atoms with Crippen LogP contribution in [0.5, 0.6) is 0 Å². The normalized spacial score (nSPS) is 18.9. The number of nitrogens with one attached hydrogen (secondary N) is 2. The number of carbonyl (C=O) groups is 2. The summed E-state index contributed by atoms with van der Waals surface area (Å²) in [7, 11) is 0. The summed E-state index contributed by atoms with van der Waals surface area (Å²) in [4.78, 5) is 19.8. The van der Waals surface area contributed by atoms with Crippen molar-refractivity contribution in [3.8, 4) is 0 Å². The second-order valence-electron chi connectivity index (χ2n) is 4.62. The summed E-state index contributed by atoms with van der Waals surface area (Å²) in [5.74, 6) is 0. The Morgan fingerprint density at radius 2 is 1.88 bits per heavy atom. The number of rotatable bonds is 1. The highest BCUT2D eigenvalue weighted by molar-refractivity contribution is 5.68. The van der Waals surface area contributed by atoms with Crippen molar-refractivity contribution in [2.45, 2.75) is 38.8 Å². The van der Waals surface area contributed by atoms with E-state index in [9.17, 15) is 4.79 Å². The topological polar surface area (TPSA) is 108 Å². The van der Waals surface area contributed by atoms with Gasteiger partial charge in [-0.2, -0.15) is 0 Å². The molecule has 1 rings (SSSR count). The highest BCUT2D eigenvalue weighted by Crippen LogP contribution is 2.07. The summed E-state index contributed by atoms with van der Waals surface area (Å²) in [6.07, 6.45) is -1.17. The summed E-state index contributed by atoms with van der Waals surface area (Å²) >= 11 is 0. The quantitative estimate of drug-likeness (QED) is 0.553. The van der Waals surface area contributed by atoms with E-state index in [2.05, 4.69) is 10.6 Å². The van der Waals surface area contributed by atoms with E-state index in [0.29, 0.717) is 0 Å². The van der Waals surface area contributed by atoms with Crippen LogP contribution in [-0.4, -0.2) is 47.2 Å². The minimum Gasteiger partial charge on any atom is -0.450 e. The maximum atomic E-state index is 11.3. The molecule has 1 aliphatic heterocycles. The molecule has 0 spiro atoms. The molecule has 1 atom stereocenters. The molecule has 1 heterocycles. The number of ether oxygens (including phenoxy) is 1. The zero-order valence-electron chi connectivity index (χ0n) is 10.3. The fraction of sp³-hybridized carbons (Fsp3) is 0.800. The van der Waals surface area contributed by atoms with Crippen LogP contribution in [0.25, 0.3) is 0 Å². The van der Waals surface area contributed by atoms with Gasteiger partial charge < -0.3 is 25.6 Å². The summed E-state index contributed by atoms with van der Waals surface area (Å²) in [5.41, 5.74) is -0.407. The zero-order chi connectivity index (χ0) is 13.5. The predicted octanol–water partition coefficient (Wildman–Crippen LogP) is 1.10. The fourth-order valence-corrected chi connectivity index (χ4v) is 1.25. The van der Waals surface area contributed by atoms with E-state index in [4.69, 9.17) is 19.7 Å². The maximum Gasteiger partial charge on any atom is 0.503 e. The number of hydrogen-bond acceptors (Lipinski definition) is 4. The largest absolute Gasteiger partial charge is 0.503 e. The van der Waals surface area contributed by atoms with Crippen molar-refractivity contribution in [2.24, 2.45) is 0 Å². The van der Waals surface area contributed by atoms with Crippen molar-refractivity contribution >= 4 is 12.2 Å². The molecule has 1 amide bonds. The van der Waals surface area contributed by atoms with Gasteiger partial charge in [0.2, 0.25) is 0 Å². The van der Waals surface area contributed by atoms with E-state index >= 15 is 0 Å². The molecule has 0 aromatic carbocycles. The first-order valence-electron chi connectivity index (χ1n) is 5.33. The second-order valence-corrected chi connectivity index (χ2v) is 4.62. The number of amides is 1. The Morgan fingerprint density at radius 1 is 1.35 bits per heavy atom. The van der Waals surface area contributed by atoms with Crippen molar-refractivity contribution in [3.05, 3.63) is 0 Å². The standard InChI is InChI=1S/C9H18N2O2.CH2O3/c1-9(2,3)13-8(12)11-7-4-5-10-6-7;2-1(3)4/h7,10H,4-6H2,1-3H3,(H,11,12);(H2,2,3,4). The lowest BCUT2D eigenvalue weighted by molar-refractivity contribution is 0.0508. The molecule has 0 saturated carbocycles. The van der Waals surface area contributed by atoms with E-state index in [-0.39, 0.29) is 12.1 Å². The number of carbonyl (C=O) groups excluding carboxylic acids is 1. The van der Waals surface area contributed by atoms with Crippen LogP contribution in [0, 0.1) is 0 Å². The van der Waals surface area contributed by atoms with E-state index in [1.807, 2.05) is 20.8 Å². The average Bonchev–Trinajstić information content (AvgIpc) is 2.50. The minimum atomic E-state index is -1.83. The van der Waals surface area contributed by atoms with Crippen LogP contribution < -0.4 is 10.6 Å². The Bertz CT molecular complexity index is 252. The molecule has 1 saturated heterocycles. The number of alkyl carbamates (subject to hydrolysis) is 1. The van der Waals surface area contributed by atoms with Gasteiger partial charge in [-0.05, 0) is 33.7 Å². The predicted molar refractivity (Wildman–Crippen MR) is 61.3 cm³/mol. The van der Waals surface area contributed by atoms with E-state index in [1.165, 1.54) is 0 Å². The Morgan fingerprint density at radius 3 is 2.24 bits per heavy atom. The molecule has 0 aliphatic carbocycles.